The number of nitrogens with zero attached hydrogens (tertiary/aromatic N) is 2. The Hall–Kier alpha value is -1.36. The van der Waals surface area contributed by atoms with Crippen molar-refractivity contribution in [2.45, 2.75) is 31.8 Å². The summed E-state index contributed by atoms with van der Waals surface area (Å²) in [5, 5.41) is 0. The van der Waals surface area contributed by atoms with Gasteiger partial charge in [0.2, 0.25) is 0 Å². The van der Waals surface area contributed by atoms with Gasteiger partial charge >= 0.3 is 6.09 Å². The maximum absolute atomic E-state index is 11.6. The lowest BCUT2D eigenvalue weighted by atomic mass is 10.2. The van der Waals surface area contributed by atoms with E-state index in [0.717, 1.165) is 31.5 Å². The van der Waals surface area contributed by atoms with Crippen LogP contribution in [-0.4, -0.2) is 36.4 Å². The van der Waals surface area contributed by atoms with Gasteiger partial charge in [0.05, 0.1) is 6.54 Å². The number of nitrogens with two attached hydrogens (primary N) is 1. The van der Waals surface area contributed by atoms with Crippen LogP contribution >= 0.6 is 0 Å². The maximum Gasteiger partial charge on any atom is 0.415 e. The average molecular weight is 223 g/mol. The standard InChI is InChI=1S/C11H17N3O2/c12-6-3-4-9-8-14(11(15)16-9)10-5-1-2-7-13-10/h5,7,9H,1-4,6,8,12H2/t9-/m0/s1. The third-order valence-electron chi connectivity index (χ3n) is 2.73. The first-order valence-corrected chi connectivity index (χ1v) is 5.72. The lowest BCUT2D eigenvalue weighted by molar-refractivity contribution is 0.130. The fourth-order valence-corrected chi connectivity index (χ4v) is 1.88. The molecule has 0 aliphatic carbocycles. The first-order valence-electron chi connectivity index (χ1n) is 5.72. The molecule has 5 heteroatoms. The predicted molar refractivity (Wildman–Crippen MR) is 61.1 cm³/mol. The van der Waals surface area contributed by atoms with Crippen LogP contribution < -0.4 is 5.73 Å². The summed E-state index contributed by atoms with van der Waals surface area (Å²) in [6, 6.07) is 0. The van der Waals surface area contributed by atoms with E-state index in [1.807, 2.05) is 12.3 Å². The minimum absolute atomic E-state index is 0.0333. The van der Waals surface area contributed by atoms with Crippen molar-refractivity contribution >= 4 is 12.3 Å². The molecule has 0 unspecified atom stereocenters. The number of hydrogen-bond acceptors (Lipinski definition) is 4. The first kappa shape index (κ1) is 11.1. The second-order valence-corrected chi connectivity index (χ2v) is 4.00. The van der Waals surface area contributed by atoms with Gasteiger partial charge in [0.25, 0.3) is 0 Å². The van der Waals surface area contributed by atoms with Gasteiger partial charge in [-0.3, -0.25) is 4.90 Å². The Morgan fingerprint density at radius 2 is 2.44 bits per heavy atom. The molecule has 0 saturated carbocycles. The number of amides is 1. The summed E-state index contributed by atoms with van der Waals surface area (Å²) in [6.45, 7) is 1.23. The minimum atomic E-state index is -0.285. The largest absolute Gasteiger partial charge is 0.444 e. The van der Waals surface area contributed by atoms with Crippen LogP contribution in [0.2, 0.25) is 0 Å². The molecule has 2 aliphatic rings. The molecular weight excluding hydrogens is 206 g/mol. The van der Waals surface area contributed by atoms with E-state index in [0.29, 0.717) is 13.1 Å². The molecule has 0 bridgehead atoms. The highest BCUT2D eigenvalue weighted by molar-refractivity contribution is 5.73. The second kappa shape index (κ2) is 5.12. The van der Waals surface area contributed by atoms with Crippen molar-refractivity contribution in [3.05, 3.63) is 11.9 Å². The van der Waals surface area contributed by atoms with Crippen molar-refractivity contribution in [2.24, 2.45) is 10.7 Å². The zero-order valence-corrected chi connectivity index (χ0v) is 9.26. The smallest absolute Gasteiger partial charge is 0.415 e. The average Bonchev–Trinajstić information content (AvgIpc) is 2.69. The van der Waals surface area contributed by atoms with Gasteiger partial charge < -0.3 is 10.5 Å². The number of carbonyl (C=O) groups is 1. The van der Waals surface area contributed by atoms with Gasteiger partial charge in [0.1, 0.15) is 11.9 Å². The van der Waals surface area contributed by atoms with Crippen LogP contribution in [0.15, 0.2) is 16.9 Å². The van der Waals surface area contributed by atoms with Crippen LogP contribution in [0.4, 0.5) is 4.79 Å². The van der Waals surface area contributed by atoms with E-state index in [-0.39, 0.29) is 12.2 Å². The SMILES string of the molecule is NCCC[C@H]1CN(C2=CCCC=N2)C(=O)O1. The summed E-state index contributed by atoms with van der Waals surface area (Å²) < 4.78 is 5.25. The number of aliphatic imine (C=N–C) groups is 1. The second-order valence-electron chi connectivity index (χ2n) is 4.00. The minimum Gasteiger partial charge on any atom is -0.444 e. The van der Waals surface area contributed by atoms with Crippen LogP contribution in [0.3, 0.4) is 0 Å². The highest BCUT2D eigenvalue weighted by Crippen LogP contribution is 2.22. The van der Waals surface area contributed by atoms with Gasteiger partial charge in [-0.05, 0) is 38.3 Å². The first-order chi connectivity index (χ1) is 7.81. The summed E-state index contributed by atoms with van der Waals surface area (Å²) in [7, 11) is 0. The van der Waals surface area contributed by atoms with Crippen LogP contribution in [0.25, 0.3) is 0 Å². The summed E-state index contributed by atoms with van der Waals surface area (Å²) in [5.74, 6) is 0.728. The molecule has 2 N–H and O–H groups in total. The number of cyclic esters (lactones) is 1. The molecule has 1 amide bonds. The van der Waals surface area contributed by atoms with Crippen molar-refractivity contribution in [2.75, 3.05) is 13.1 Å². The van der Waals surface area contributed by atoms with E-state index in [1.165, 1.54) is 0 Å². The molecule has 2 heterocycles. The molecule has 1 fully saturated rings. The van der Waals surface area contributed by atoms with E-state index < -0.39 is 0 Å². The Bertz CT molecular complexity index is 325. The van der Waals surface area contributed by atoms with Gasteiger partial charge in [-0.15, -0.1) is 0 Å². The summed E-state index contributed by atoms with van der Waals surface area (Å²) in [4.78, 5) is 17.4. The molecule has 0 aromatic heterocycles. The fourth-order valence-electron chi connectivity index (χ4n) is 1.88. The number of rotatable bonds is 4. The molecule has 2 rings (SSSR count). The number of ether oxygens (including phenoxy) is 1. The molecule has 1 atom stereocenters. The van der Waals surface area contributed by atoms with E-state index in [2.05, 4.69) is 4.99 Å². The summed E-state index contributed by atoms with van der Waals surface area (Å²) in [5.41, 5.74) is 5.43. The van der Waals surface area contributed by atoms with Crippen LogP contribution in [-0.2, 0) is 4.74 Å². The highest BCUT2D eigenvalue weighted by atomic mass is 16.6. The van der Waals surface area contributed by atoms with Crippen molar-refractivity contribution in [1.82, 2.24) is 4.90 Å². The molecule has 2 aliphatic heterocycles. The third kappa shape index (κ3) is 2.41. The lowest BCUT2D eigenvalue weighted by Gasteiger charge is -2.15. The quantitative estimate of drug-likeness (QED) is 0.780. The Morgan fingerprint density at radius 3 is 3.12 bits per heavy atom. The van der Waals surface area contributed by atoms with Crippen LogP contribution in [0, 0.1) is 0 Å². The molecule has 1 saturated heterocycles. The fraction of sp³-hybridized carbons (Fsp3) is 0.636. The number of hydrogen-bond donors (Lipinski definition) is 1. The monoisotopic (exact) mass is 223 g/mol. The number of allylic oxidation sites excluding steroid dienone is 1. The Labute approximate surface area is 95.0 Å². The predicted octanol–water partition coefficient (Wildman–Crippen LogP) is 1.25. The van der Waals surface area contributed by atoms with E-state index >= 15 is 0 Å². The molecule has 16 heavy (non-hydrogen) atoms. The van der Waals surface area contributed by atoms with Gasteiger partial charge in [-0.25, -0.2) is 9.79 Å². The van der Waals surface area contributed by atoms with Crippen molar-refractivity contribution in [3.8, 4) is 0 Å². The molecule has 5 nitrogen and oxygen atoms in total. The van der Waals surface area contributed by atoms with Gasteiger partial charge in [0, 0.05) is 6.21 Å². The van der Waals surface area contributed by atoms with Crippen molar-refractivity contribution in [3.63, 3.8) is 0 Å². The molecule has 0 radical (unpaired) electrons. The van der Waals surface area contributed by atoms with Gasteiger partial charge in [-0.2, -0.15) is 0 Å². The van der Waals surface area contributed by atoms with Gasteiger partial charge in [-0.1, -0.05) is 0 Å². The van der Waals surface area contributed by atoms with E-state index in [4.69, 9.17) is 10.5 Å². The molecule has 0 aromatic carbocycles. The van der Waals surface area contributed by atoms with Crippen molar-refractivity contribution < 1.29 is 9.53 Å². The third-order valence-corrected chi connectivity index (χ3v) is 2.73. The van der Waals surface area contributed by atoms with Crippen LogP contribution in [0.5, 0.6) is 0 Å². The molecule has 0 aromatic rings. The molecular formula is C11H17N3O2. The zero-order chi connectivity index (χ0) is 11.4. The molecule has 0 spiro atoms. The molecule has 88 valence electrons. The normalized spacial score (nSPS) is 24.6. The zero-order valence-electron chi connectivity index (χ0n) is 9.26. The summed E-state index contributed by atoms with van der Waals surface area (Å²) >= 11 is 0. The maximum atomic E-state index is 11.6. The Balaban J connectivity index is 1.94. The Morgan fingerprint density at radius 1 is 1.56 bits per heavy atom. The van der Waals surface area contributed by atoms with Crippen molar-refractivity contribution in [1.29, 1.82) is 0 Å². The van der Waals surface area contributed by atoms with E-state index in [9.17, 15) is 4.79 Å². The Kier molecular flexibility index (Phi) is 3.56. The van der Waals surface area contributed by atoms with Gasteiger partial charge in [0.15, 0.2) is 0 Å². The van der Waals surface area contributed by atoms with E-state index in [1.54, 1.807) is 4.90 Å². The topological polar surface area (TPSA) is 67.9 Å². The number of carbonyl (C=O) groups excluding carboxylic acids is 1. The lowest BCUT2D eigenvalue weighted by Crippen LogP contribution is -2.24. The van der Waals surface area contributed by atoms with Crippen LogP contribution in [0.1, 0.15) is 25.7 Å². The summed E-state index contributed by atoms with van der Waals surface area (Å²) in [6.07, 6.45) is 7.10. The highest BCUT2D eigenvalue weighted by Gasteiger charge is 2.33.